The summed E-state index contributed by atoms with van der Waals surface area (Å²) in [7, 11) is 2.95. The van der Waals surface area contributed by atoms with E-state index in [0.717, 1.165) is 25.0 Å². The number of amides is 4. The van der Waals surface area contributed by atoms with Gasteiger partial charge in [0.2, 0.25) is 12.1 Å². The lowest BCUT2D eigenvalue weighted by molar-refractivity contribution is -0.127. The molecule has 0 aliphatic heterocycles. The van der Waals surface area contributed by atoms with Crippen LogP contribution in [0, 0.1) is 0 Å². The van der Waals surface area contributed by atoms with Gasteiger partial charge in [-0.15, -0.1) is 34.8 Å². The van der Waals surface area contributed by atoms with E-state index in [9.17, 15) is 28.8 Å². The number of halogens is 5. The van der Waals surface area contributed by atoms with Crippen LogP contribution in [0.15, 0.2) is 111 Å². The predicted octanol–water partition coefficient (Wildman–Crippen LogP) is 11.2. The first-order chi connectivity index (χ1) is 32.6. The Morgan fingerprint density at radius 1 is 0.544 bits per heavy atom. The van der Waals surface area contributed by atoms with Crippen LogP contribution in [0.25, 0.3) is 0 Å². The van der Waals surface area contributed by atoms with Crippen LogP contribution in [0.5, 0.6) is 11.5 Å². The first-order valence-electron chi connectivity index (χ1n) is 20.4. The molecule has 5 aromatic rings. The third-order valence-electron chi connectivity index (χ3n) is 9.81. The maximum Gasteiger partial charge on any atom is 0.258 e. The fourth-order valence-electron chi connectivity index (χ4n) is 6.25. The number of aryl methyl sites for hydroxylation is 2. The molecule has 0 radical (unpaired) electrons. The van der Waals surface area contributed by atoms with Crippen molar-refractivity contribution in [2.75, 3.05) is 47.2 Å². The summed E-state index contributed by atoms with van der Waals surface area (Å²) in [5.74, 6) is -2.55. The first kappa shape index (κ1) is 52.5. The van der Waals surface area contributed by atoms with Crippen LogP contribution in [0.2, 0.25) is 10.0 Å². The zero-order valence-corrected chi connectivity index (χ0v) is 40.6. The molecule has 5 rings (SSSR count). The van der Waals surface area contributed by atoms with Crippen LogP contribution in [-0.4, -0.2) is 73.3 Å². The molecule has 21 heteroatoms. The summed E-state index contributed by atoms with van der Waals surface area (Å²) < 4.78 is 10.9. The van der Waals surface area contributed by atoms with Gasteiger partial charge in [0, 0.05) is 40.1 Å². The van der Waals surface area contributed by atoms with Gasteiger partial charge in [-0.05, 0) is 122 Å². The van der Waals surface area contributed by atoms with Crippen LogP contribution in [-0.2, 0) is 37.9 Å². The molecule has 354 valence electrons. The standard InChI is InChI=1S/C47H43Cl5N8O8/c1-25(61)42(59-57-38-22-29(7-10-33(38)51)44(63)55-36-12-5-27(15-17-48)19-40(36)67-3)46(65)53-32-9-14-35(31(21-32)24-50)54-47(66)43(26(2)62)60-58-39-23-30(8-11-34(39)52)45(64)56-37-13-6-28(16-18-49)20-41(37)68-4/h5-14,19-23,42-43H,15-18,24H2,1-4H3,(H,53,65)(H,54,66)(H,55,63)(H,56,64). The lowest BCUT2D eigenvalue weighted by atomic mass is 10.1. The Hall–Kier alpha value is -6.43. The van der Waals surface area contributed by atoms with Gasteiger partial charge in [-0.1, -0.05) is 35.3 Å². The molecule has 0 spiro atoms. The highest BCUT2D eigenvalue weighted by atomic mass is 35.5. The Morgan fingerprint density at radius 3 is 1.40 bits per heavy atom. The molecule has 2 unspecified atom stereocenters. The van der Waals surface area contributed by atoms with Crippen LogP contribution in [0.3, 0.4) is 0 Å². The summed E-state index contributed by atoms with van der Waals surface area (Å²) in [6.07, 6.45) is 1.23. The molecule has 4 amide bonds. The van der Waals surface area contributed by atoms with Gasteiger partial charge in [-0.25, -0.2) is 0 Å². The molecular weight excluding hydrogens is 982 g/mol. The number of Topliss-reactive ketones (excluding diaryl/α,β-unsaturated/α-hetero) is 2. The Balaban J connectivity index is 1.26. The summed E-state index contributed by atoms with van der Waals surface area (Å²) >= 11 is 30.7. The second-order valence-corrected chi connectivity index (χ2v) is 16.5. The number of rotatable bonds is 21. The van der Waals surface area contributed by atoms with E-state index in [0.29, 0.717) is 53.0 Å². The van der Waals surface area contributed by atoms with Gasteiger partial charge in [0.05, 0.1) is 35.6 Å². The largest absolute Gasteiger partial charge is 0.495 e. The van der Waals surface area contributed by atoms with E-state index in [1.54, 1.807) is 24.3 Å². The Morgan fingerprint density at radius 2 is 0.985 bits per heavy atom. The predicted molar refractivity (Wildman–Crippen MR) is 265 cm³/mol. The number of ketones is 2. The highest BCUT2D eigenvalue weighted by Gasteiger charge is 2.26. The number of anilines is 4. The van der Waals surface area contributed by atoms with Crippen molar-refractivity contribution in [2.24, 2.45) is 20.5 Å². The van der Waals surface area contributed by atoms with Crippen molar-refractivity contribution in [3.63, 3.8) is 0 Å². The molecule has 0 aromatic heterocycles. The Bertz CT molecular complexity index is 2790. The van der Waals surface area contributed by atoms with Crippen LogP contribution in [0.4, 0.5) is 34.1 Å². The second-order valence-electron chi connectivity index (χ2n) is 14.6. The number of hydrogen-bond acceptors (Lipinski definition) is 12. The van der Waals surface area contributed by atoms with Gasteiger partial charge in [-0.2, -0.15) is 20.5 Å². The average molecular weight is 1030 g/mol. The van der Waals surface area contributed by atoms with Gasteiger partial charge in [0.1, 0.15) is 22.9 Å². The molecule has 5 aromatic carbocycles. The van der Waals surface area contributed by atoms with Crippen molar-refractivity contribution in [1.82, 2.24) is 0 Å². The van der Waals surface area contributed by atoms with E-state index in [1.807, 2.05) is 12.1 Å². The molecule has 2 atom stereocenters. The molecule has 16 nitrogen and oxygen atoms in total. The number of alkyl halides is 3. The number of hydrogen-bond donors (Lipinski definition) is 4. The molecule has 0 saturated carbocycles. The molecule has 0 aliphatic carbocycles. The maximum atomic E-state index is 13.5. The number of methoxy groups -OCH3 is 2. The van der Waals surface area contributed by atoms with Crippen molar-refractivity contribution in [2.45, 2.75) is 44.7 Å². The number of azo groups is 2. The van der Waals surface area contributed by atoms with Crippen LogP contribution in [0.1, 0.15) is 51.3 Å². The van der Waals surface area contributed by atoms with E-state index < -0.39 is 47.3 Å². The minimum absolute atomic E-state index is 0.00882. The van der Waals surface area contributed by atoms with Crippen LogP contribution < -0.4 is 30.7 Å². The molecule has 0 aliphatic rings. The van der Waals surface area contributed by atoms with Gasteiger partial charge in [-0.3, -0.25) is 28.8 Å². The molecule has 0 fully saturated rings. The second kappa shape index (κ2) is 25.1. The summed E-state index contributed by atoms with van der Waals surface area (Å²) in [6, 6.07) is 20.0. The number of nitrogens with zero attached hydrogens (tertiary/aromatic N) is 4. The minimum Gasteiger partial charge on any atom is -0.495 e. The van der Waals surface area contributed by atoms with E-state index in [1.165, 1.54) is 68.8 Å². The van der Waals surface area contributed by atoms with Crippen molar-refractivity contribution < 1.29 is 38.2 Å². The van der Waals surface area contributed by atoms with E-state index in [2.05, 4.69) is 41.7 Å². The zero-order valence-electron chi connectivity index (χ0n) is 36.8. The Kier molecular flexibility index (Phi) is 19.4. The van der Waals surface area contributed by atoms with Crippen molar-refractivity contribution >= 4 is 127 Å². The summed E-state index contributed by atoms with van der Waals surface area (Å²) in [5, 5.41) is 27.0. The molecule has 0 bridgehead atoms. The Labute approximate surface area is 416 Å². The lowest BCUT2D eigenvalue weighted by Gasteiger charge is -2.15. The topological polar surface area (TPSA) is 218 Å². The third-order valence-corrected chi connectivity index (χ3v) is 11.1. The van der Waals surface area contributed by atoms with Gasteiger partial charge in [0.25, 0.3) is 23.6 Å². The van der Waals surface area contributed by atoms with E-state index in [4.69, 9.17) is 67.5 Å². The average Bonchev–Trinajstić information content (AvgIpc) is 3.31. The number of carbonyl (C=O) groups excluding carboxylic acids is 6. The van der Waals surface area contributed by atoms with Gasteiger partial charge < -0.3 is 30.7 Å². The fraction of sp³-hybridized carbons (Fsp3) is 0.234. The number of ether oxygens (including phenoxy) is 2. The number of benzene rings is 5. The molecular formula is C47H43Cl5N8O8. The highest BCUT2D eigenvalue weighted by Crippen LogP contribution is 2.32. The van der Waals surface area contributed by atoms with Crippen molar-refractivity contribution in [3.05, 3.63) is 129 Å². The summed E-state index contributed by atoms with van der Waals surface area (Å²) in [5.41, 5.74) is 3.66. The molecule has 0 saturated heterocycles. The SMILES string of the molecule is COc1cc(CCCl)ccc1NC(=O)c1ccc(Cl)c(N=NC(C(C)=O)C(=O)Nc2ccc(NC(=O)C(N=Nc3cc(C(=O)Nc4ccc(CCCl)cc4OC)ccc3Cl)C(C)=O)c(CCl)c2)c1. The lowest BCUT2D eigenvalue weighted by Crippen LogP contribution is -2.32. The number of carbonyl (C=O) groups is 6. The minimum atomic E-state index is -1.64. The van der Waals surface area contributed by atoms with E-state index >= 15 is 0 Å². The first-order valence-corrected chi connectivity index (χ1v) is 22.8. The van der Waals surface area contributed by atoms with E-state index in [-0.39, 0.29) is 49.8 Å². The normalized spacial score (nSPS) is 12.0. The van der Waals surface area contributed by atoms with Gasteiger partial charge >= 0.3 is 0 Å². The monoisotopic (exact) mass is 1020 g/mol. The number of nitrogens with one attached hydrogen (secondary N) is 4. The van der Waals surface area contributed by atoms with Gasteiger partial charge in [0.15, 0.2) is 11.6 Å². The van der Waals surface area contributed by atoms with Crippen LogP contribution >= 0.6 is 58.0 Å². The third kappa shape index (κ3) is 14.1. The highest BCUT2D eigenvalue weighted by molar-refractivity contribution is 6.33. The zero-order chi connectivity index (χ0) is 49.5. The van der Waals surface area contributed by atoms with Crippen molar-refractivity contribution in [1.29, 1.82) is 0 Å². The summed E-state index contributed by atoms with van der Waals surface area (Å²) in [6.45, 7) is 2.30. The maximum absolute atomic E-state index is 13.5. The molecule has 68 heavy (non-hydrogen) atoms. The smallest absolute Gasteiger partial charge is 0.258 e. The summed E-state index contributed by atoms with van der Waals surface area (Å²) in [4.78, 5) is 78.6. The fourth-order valence-corrected chi connectivity index (χ4v) is 7.22. The molecule has 4 N–H and O–H groups in total. The van der Waals surface area contributed by atoms with Crippen molar-refractivity contribution in [3.8, 4) is 11.5 Å². The molecule has 0 heterocycles. The quantitative estimate of drug-likeness (QED) is 0.0314.